The van der Waals surface area contributed by atoms with Gasteiger partial charge in [-0.25, -0.2) is 0 Å². The molecule has 0 atom stereocenters. The van der Waals surface area contributed by atoms with E-state index in [9.17, 15) is 15.3 Å². The zero-order valence-corrected chi connectivity index (χ0v) is 13.9. The van der Waals surface area contributed by atoms with Crippen molar-refractivity contribution in [2.75, 3.05) is 14.2 Å². The van der Waals surface area contributed by atoms with Gasteiger partial charge in [0.2, 0.25) is 0 Å². The highest BCUT2D eigenvalue weighted by Crippen LogP contribution is 2.49. The largest absolute Gasteiger partial charge is 0.508 e. The van der Waals surface area contributed by atoms with Crippen molar-refractivity contribution in [2.24, 2.45) is 0 Å². The minimum atomic E-state index is 0.0198. The number of hydrogen-bond acceptors (Lipinski definition) is 5. The Morgan fingerprint density at radius 3 is 1.60 bits per heavy atom. The summed E-state index contributed by atoms with van der Waals surface area (Å²) in [5.74, 6) is 1.16. The molecule has 5 nitrogen and oxygen atoms in total. The average molecular weight is 338 g/mol. The van der Waals surface area contributed by atoms with E-state index in [0.717, 1.165) is 5.56 Å². The highest BCUT2D eigenvalue weighted by Gasteiger charge is 2.22. The van der Waals surface area contributed by atoms with Crippen LogP contribution in [-0.2, 0) is 0 Å². The quantitative estimate of drug-likeness (QED) is 0.666. The van der Waals surface area contributed by atoms with E-state index in [1.165, 1.54) is 26.4 Å². The summed E-state index contributed by atoms with van der Waals surface area (Å²) in [6, 6.07) is 14.6. The van der Waals surface area contributed by atoms with Crippen molar-refractivity contribution in [3.05, 3.63) is 54.6 Å². The predicted molar refractivity (Wildman–Crippen MR) is 95.4 cm³/mol. The lowest BCUT2D eigenvalue weighted by Gasteiger charge is -2.18. The lowest BCUT2D eigenvalue weighted by Crippen LogP contribution is -1.97. The molecule has 0 saturated carbocycles. The molecule has 0 heterocycles. The maximum absolute atomic E-state index is 10.6. The molecule has 0 aliphatic carbocycles. The topological polar surface area (TPSA) is 79.2 Å². The smallest absolute Gasteiger partial charge is 0.172 e. The van der Waals surface area contributed by atoms with E-state index in [1.807, 2.05) is 0 Å². The zero-order chi connectivity index (χ0) is 18.0. The predicted octanol–water partition coefficient (Wildman–Crippen LogP) is 4.15. The molecule has 0 aliphatic rings. The summed E-state index contributed by atoms with van der Waals surface area (Å²) in [7, 11) is 3.03. The van der Waals surface area contributed by atoms with E-state index in [2.05, 4.69) is 0 Å². The first-order valence-corrected chi connectivity index (χ1v) is 7.62. The van der Waals surface area contributed by atoms with Crippen LogP contribution in [0.15, 0.2) is 54.6 Å². The molecular formula is C20H18O5. The molecule has 0 unspecified atom stereocenters. The lowest BCUT2D eigenvalue weighted by atomic mass is 9.96. The number of phenols is 3. The van der Waals surface area contributed by atoms with Crippen LogP contribution in [0.1, 0.15) is 0 Å². The van der Waals surface area contributed by atoms with E-state index in [-0.39, 0.29) is 17.2 Å². The number of aromatic hydroxyl groups is 3. The summed E-state index contributed by atoms with van der Waals surface area (Å²) >= 11 is 0. The van der Waals surface area contributed by atoms with Crippen molar-refractivity contribution < 1.29 is 24.8 Å². The van der Waals surface area contributed by atoms with Crippen molar-refractivity contribution in [1.82, 2.24) is 0 Å². The van der Waals surface area contributed by atoms with Gasteiger partial charge < -0.3 is 24.8 Å². The van der Waals surface area contributed by atoms with Crippen molar-refractivity contribution in [2.45, 2.75) is 0 Å². The van der Waals surface area contributed by atoms with Crippen molar-refractivity contribution in [3.8, 4) is 51.0 Å². The highest BCUT2D eigenvalue weighted by atomic mass is 16.5. The molecule has 3 N–H and O–H groups in total. The summed E-state index contributed by atoms with van der Waals surface area (Å²) in [5, 5.41) is 29.6. The number of hydrogen-bond donors (Lipinski definition) is 3. The minimum absolute atomic E-state index is 0.0198. The molecule has 128 valence electrons. The van der Waals surface area contributed by atoms with Gasteiger partial charge >= 0.3 is 0 Å². The van der Waals surface area contributed by atoms with Gasteiger partial charge in [0.05, 0.1) is 19.8 Å². The number of phenolic OH excluding ortho intramolecular Hbond substituents is 3. The Bertz CT molecular complexity index is 883. The van der Waals surface area contributed by atoms with Crippen LogP contribution in [0.25, 0.3) is 22.3 Å². The Morgan fingerprint density at radius 2 is 1.12 bits per heavy atom. The standard InChI is InChI=1S/C20H18O5/c1-24-19-16(12-3-7-14(21)8-4-12)11-17(23)18(20(19)25-2)13-5-9-15(22)10-6-13/h3-11,21-23H,1-2H3. The van der Waals surface area contributed by atoms with Gasteiger partial charge in [0.25, 0.3) is 0 Å². The summed E-state index contributed by atoms with van der Waals surface area (Å²) in [5.41, 5.74) is 2.56. The van der Waals surface area contributed by atoms with Gasteiger partial charge in [-0.2, -0.15) is 0 Å². The van der Waals surface area contributed by atoms with Crippen LogP contribution in [0, 0.1) is 0 Å². The number of methoxy groups -OCH3 is 2. The fourth-order valence-corrected chi connectivity index (χ4v) is 2.79. The second-order valence-electron chi connectivity index (χ2n) is 5.48. The van der Waals surface area contributed by atoms with E-state index in [1.54, 1.807) is 42.5 Å². The molecule has 3 aromatic rings. The van der Waals surface area contributed by atoms with E-state index in [0.29, 0.717) is 28.2 Å². The van der Waals surface area contributed by atoms with Gasteiger partial charge in [0, 0.05) is 5.56 Å². The minimum Gasteiger partial charge on any atom is -0.508 e. The van der Waals surface area contributed by atoms with Gasteiger partial charge in [-0.1, -0.05) is 24.3 Å². The number of rotatable bonds is 4. The Kier molecular flexibility index (Phi) is 4.39. The van der Waals surface area contributed by atoms with Crippen LogP contribution in [0.3, 0.4) is 0 Å². The third-order valence-corrected chi connectivity index (χ3v) is 3.96. The molecule has 5 heteroatoms. The Labute approximate surface area is 145 Å². The second-order valence-corrected chi connectivity index (χ2v) is 5.48. The molecule has 0 saturated heterocycles. The van der Waals surface area contributed by atoms with E-state index < -0.39 is 0 Å². The molecule has 0 aliphatic heterocycles. The molecule has 3 aromatic carbocycles. The van der Waals surface area contributed by atoms with Gasteiger partial charge in [-0.15, -0.1) is 0 Å². The molecule has 25 heavy (non-hydrogen) atoms. The van der Waals surface area contributed by atoms with E-state index in [4.69, 9.17) is 9.47 Å². The number of benzene rings is 3. The van der Waals surface area contributed by atoms with Crippen molar-refractivity contribution in [3.63, 3.8) is 0 Å². The van der Waals surface area contributed by atoms with Crippen LogP contribution in [0.2, 0.25) is 0 Å². The fraction of sp³-hybridized carbons (Fsp3) is 0.100. The van der Waals surface area contributed by atoms with Gasteiger partial charge in [0.15, 0.2) is 11.5 Å². The monoisotopic (exact) mass is 338 g/mol. The van der Waals surface area contributed by atoms with E-state index >= 15 is 0 Å². The summed E-state index contributed by atoms with van der Waals surface area (Å²) in [6.45, 7) is 0. The molecule has 0 aromatic heterocycles. The van der Waals surface area contributed by atoms with Crippen molar-refractivity contribution >= 4 is 0 Å². The third-order valence-electron chi connectivity index (χ3n) is 3.96. The first-order valence-electron chi connectivity index (χ1n) is 7.62. The van der Waals surface area contributed by atoms with Crippen LogP contribution >= 0.6 is 0 Å². The highest BCUT2D eigenvalue weighted by molar-refractivity contribution is 5.87. The molecule has 0 radical (unpaired) electrons. The maximum Gasteiger partial charge on any atom is 0.172 e. The molecular weight excluding hydrogens is 320 g/mol. The van der Waals surface area contributed by atoms with Gasteiger partial charge in [-0.3, -0.25) is 0 Å². The molecule has 0 amide bonds. The lowest BCUT2D eigenvalue weighted by molar-refractivity contribution is 0.354. The Hall–Kier alpha value is -3.34. The second kappa shape index (κ2) is 6.65. The normalized spacial score (nSPS) is 10.5. The molecule has 0 spiro atoms. The van der Waals surface area contributed by atoms with Crippen LogP contribution in [0.4, 0.5) is 0 Å². The average Bonchev–Trinajstić information content (AvgIpc) is 2.62. The van der Waals surface area contributed by atoms with Gasteiger partial charge in [-0.05, 0) is 41.5 Å². The molecule has 0 fully saturated rings. The Balaban J connectivity index is 2.25. The summed E-state index contributed by atoms with van der Waals surface area (Å²) < 4.78 is 11.1. The van der Waals surface area contributed by atoms with Crippen molar-refractivity contribution in [1.29, 1.82) is 0 Å². The zero-order valence-electron chi connectivity index (χ0n) is 13.9. The number of ether oxygens (including phenoxy) is 2. The maximum atomic E-state index is 10.6. The first-order chi connectivity index (χ1) is 12.0. The van der Waals surface area contributed by atoms with Gasteiger partial charge in [0.1, 0.15) is 17.2 Å². The van der Waals surface area contributed by atoms with Crippen LogP contribution in [0.5, 0.6) is 28.7 Å². The Morgan fingerprint density at radius 1 is 0.640 bits per heavy atom. The molecule has 3 rings (SSSR count). The summed E-state index contributed by atoms with van der Waals surface area (Å²) in [6.07, 6.45) is 0. The molecule has 0 bridgehead atoms. The third kappa shape index (κ3) is 3.04. The fourth-order valence-electron chi connectivity index (χ4n) is 2.79. The SMILES string of the molecule is COc1c(-c2ccc(O)cc2)cc(O)c(-c2ccc(O)cc2)c1OC. The van der Waals surface area contributed by atoms with Crippen LogP contribution in [-0.4, -0.2) is 29.5 Å². The summed E-state index contributed by atoms with van der Waals surface area (Å²) in [4.78, 5) is 0. The van der Waals surface area contributed by atoms with Crippen LogP contribution < -0.4 is 9.47 Å². The first kappa shape index (κ1) is 16.5.